The molecule has 1 aromatic carbocycles. The topological polar surface area (TPSA) is 29.1 Å². The van der Waals surface area contributed by atoms with Crippen molar-refractivity contribution in [1.29, 1.82) is 0 Å². The van der Waals surface area contributed by atoms with Gasteiger partial charge in [-0.05, 0) is 18.1 Å². The van der Waals surface area contributed by atoms with Crippen LogP contribution in [-0.4, -0.2) is 17.7 Å². The molecular formula is C14H21NOS. The van der Waals surface area contributed by atoms with Crippen LogP contribution in [-0.2, 0) is 0 Å². The van der Waals surface area contributed by atoms with Crippen LogP contribution in [0.25, 0.3) is 0 Å². The number of nitrogens with one attached hydrogen (secondary N) is 1. The summed E-state index contributed by atoms with van der Waals surface area (Å²) in [5, 5.41) is 3.44. The molecule has 1 amide bonds. The van der Waals surface area contributed by atoms with Crippen LogP contribution in [0.3, 0.4) is 0 Å². The molecule has 0 fully saturated rings. The fourth-order valence-corrected chi connectivity index (χ4v) is 2.36. The first-order chi connectivity index (χ1) is 8.00. The van der Waals surface area contributed by atoms with E-state index in [2.05, 4.69) is 33.0 Å². The average Bonchev–Trinajstić information content (AvgIpc) is 2.25. The van der Waals surface area contributed by atoms with Crippen LogP contribution < -0.4 is 5.32 Å². The molecule has 0 aromatic heterocycles. The van der Waals surface area contributed by atoms with E-state index in [0.717, 1.165) is 17.0 Å². The molecule has 0 saturated carbocycles. The van der Waals surface area contributed by atoms with Gasteiger partial charge < -0.3 is 5.32 Å². The van der Waals surface area contributed by atoms with E-state index in [9.17, 15) is 4.79 Å². The van der Waals surface area contributed by atoms with Gasteiger partial charge in [0.25, 0.3) is 5.91 Å². The predicted octanol–water partition coefficient (Wildman–Crippen LogP) is 3.57. The lowest BCUT2D eigenvalue weighted by Crippen LogP contribution is -2.27. The zero-order valence-electron chi connectivity index (χ0n) is 11.0. The smallest absolute Gasteiger partial charge is 0.252 e. The van der Waals surface area contributed by atoms with Gasteiger partial charge in [-0.15, -0.1) is 11.8 Å². The Balaban J connectivity index is 2.78. The van der Waals surface area contributed by atoms with Crippen molar-refractivity contribution in [1.82, 2.24) is 5.32 Å². The third-order valence-electron chi connectivity index (χ3n) is 2.17. The quantitative estimate of drug-likeness (QED) is 0.811. The number of carbonyl (C=O) groups is 1. The number of carbonyl (C=O) groups excluding carboxylic acids is 1. The van der Waals surface area contributed by atoms with Gasteiger partial charge in [-0.2, -0.15) is 0 Å². The van der Waals surface area contributed by atoms with Crippen LogP contribution >= 0.6 is 11.8 Å². The van der Waals surface area contributed by atoms with Crippen molar-refractivity contribution in [2.24, 2.45) is 5.92 Å². The molecule has 0 radical (unpaired) electrons. The zero-order chi connectivity index (χ0) is 12.8. The maximum Gasteiger partial charge on any atom is 0.252 e. The third-order valence-corrected chi connectivity index (χ3v) is 3.25. The number of benzene rings is 1. The van der Waals surface area contributed by atoms with Crippen molar-refractivity contribution >= 4 is 17.7 Å². The number of hydrogen-bond donors (Lipinski definition) is 1. The van der Waals surface area contributed by atoms with Crippen molar-refractivity contribution in [3.05, 3.63) is 29.8 Å². The minimum absolute atomic E-state index is 0.0300. The molecule has 2 nitrogen and oxygen atoms in total. The van der Waals surface area contributed by atoms with Gasteiger partial charge >= 0.3 is 0 Å². The van der Waals surface area contributed by atoms with Gasteiger partial charge in [-0.1, -0.05) is 39.8 Å². The van der Waals surface area contributed by atoms with E-state index in [1.807, 2.05) is 24.3 Å². The number of thioether (sulfide) groups is 1. The van der Waals surface area contributed by atoms with Crippen molar-refractivity contribution < 1.29 is 4.79 Å². The first kappa shape index (κ1) is 14.1. The molecule has 1 N–H and O–H groups in total. The molecule has 3 heteroatoms. The fourth-order valence-electron chi connectivity index (χ4n) is 1.40. The summed E-state index contributed by atoms with van der Waals surface area (Å²) in [4.78, 5) is 13.1. The summed E-state index contributed by atoms with van der Waals surface area (Å²) in [6.45, 7) is 9.17. The first-order valence-corrected chi connectivity index (χ1v) is 6.92. The summed E-state index contributed by atoms with van der Waals surface area (Å²) in [6.07, 6.45) is 0. The Morgan fingerprint density at radius 2 is 1.88 bits per heavy atom. The molecule has 0 bridgehead atoms. The van der Waals surface area contributed by atoms with E-state index >= 15 is 0 Å². The second-order valence-electron chi connectivity index (χ2n) is 4.77. The molecule has 0 spiro atoms. The molecule has 94 valence electrons. The summed E-state index contributed by atoms with van der Waals surface area (Å²) in [6, 6.07) is 7.79. The highest BCUT2D eigenvalue weighted by Crippen LogP contribution is 2.26. The van der Waals surface area contributed by atoms with E-state index < -0.39 is 0 Å². The largest absolute Gasteiger partial charge is 0.352 e. The van der Waals surface area contributed by atoms with E-state index in [-0.39, 0.29) is 5.91 Å². The molecule has 1 aromatic rings. The van der Waals surface area contributed by atoms with Gasteiger partial charge in [0, 0.05) is 16.7 Å². The van der Waals surface area contributed by atoms with Crippen molar-refractivity contribution in [2.75, 3.05) is 6.54 Å². The minimum atomic E-state index is 0.0300. The van der Waals surface area contributed by atoms with E-state index in [1.165, 1.54) is 0 Å². The molecule has 0 saturated heterocycles. The van der Waals surface area contributed by atoms with Gasteiger partial charge in [0.15, 0.2) is 0 Å². The Hall–Kier alpha value is -0.960. The highest BCUT2D eigenvalue weighted by atomic mass is 32.2. The highest BCUT2D eigenvalue weighted by molar-refractivity contribution is 8.00. The Morgan fingerprint density at radius 1 is 1.24 bits per heavy atom. The van der Waals surface area contributed by atoms with Gasteiger partial charge in [0.1, 0.15) is 0 Å². The normalized spacial score (nSPS) is 10.9. The lowest BCUT2D eigenvalue weighted by Gasteiger charge is -2.12. The summed E-state index contributed by atoms with van der Waals surface area (Å²) < 4.78 is 0. The Morgan fingerprint density at radius 3 is 2.47 bits per heavy atom. The first-order valence-electron chi connectivity index (χ1n) is 6.04. The number of rotatable bonds is 5. The average molecular weight is 251 g/mol. The Kier molecular flexibility index (Phi) is 5.56. The van der Waals surface area contributed by atoms with Crippen molar-refractivity contribution in [3.8, 4) is 0 Å². The van der Waals surface area contributed by atoms with Gasteiger partial charge in [-0.25, -0.2) is 0 Å². The van der Waals surface area contributed by atoms with Crippen LogP contribution in [0.4, 0.5) is 0 Å². The molecule has 0 aliphatic heterocycles. The maximum absolute atomic E-state index is 12.0. The van der Waals surface area contributed by atoms with Crippen LogP contribution in [0.15, 0.2) is 29.2 Å². The summed E-state index contributed by atoms with van der Waals surface area (Å²) in [7, 11) is 0. The second kappa shape index (κ2) is 6.70. The molecule has 0 heterocycles. The molecule has 1 rings (SSSR count). The third kappa shape index (κ3) is 4.82. The SMILES string of the molecule is CC(C)CNC(=O)c1ccccc1SC(C)C. The van der Waals surface area contributed by atoms with E-state index in [4.69, 9.17) is 0 Å². The Bertz CT molecular complexity index is 374. The highest BCUT2D eigenvalue weighted by Gasteiger charge is 2.12. The van der Waals surface area contributed by atoms with Crippen LogP contribution in [0.5, 0.6) is 0 Å². The van der Waals surface area contributed by atoms with Crippen LogP contribution in [0, 0.1) is 5.92 Å². The summed E-state index contributed by atoms with van der Waals surface area (Å²) in [5.74, 6) is 0.506. The zero-order valence-corrected chi connectivity index (χ0v) is 11.8. The number of hydrogen-bond acceptors (Lipinski definition) is 2. The lowest BCUT2D eigenvalue weighted by molar-refractivity contribution is 0.0946. The number of amides is 1. The van der Waals surface area contributed by atoms with Gasteiger partial charge in [0.05, 0.1) is 5.56 Å². The molecule has 0 aliphatic rings. The lowest BCUT2D eigenvalue weighted by atomic mass is 10.2. The molecule has 17 heavy (non-hydrogen) atoms. The standard InChI is InChI=1S/C14H21NOS/c1-10(2)9-15-14(16)12-7-5-6-8-13(12)17-11(3)4/h5-8,10-11H,9H2,1-4H3,(H,15,16). The molecule has 0 aliphatic carbocycles. The fraction of sp³-hybridized carbons (Fsp3) is 0.500. The maximum atomic E-state index is 12.0. The Labute approximate surface area is 108 Å². The van der Waals surface area contributed by atoms with Crippen LogP contribution in [0.1, 0.15) is 38.1 Å². The van der Waals surface area contributed by atoms with Gasteiger partial charge in [-0.3, -0.25) is 4.79 Å². The molecule has 0 unspecified atom stereocenters. The van der Waals surface area contributed by atoms with E-state index in [1.54, 1.807) is 11.8 Å². The summed E-state index contributed by atoms with van der Waals surface area (Å²) in [5.41, 5.74) is 0.784. The van der Waals surface area contributed by atoms with Crippen molar-refractivity contribution in [3.63, 3.8) is 0 Å². The predicted molar refractivity (Wildman–Crippen MR) is 74.6 cm³/mol. The second-order valence-corrected chi connectivity index (χ2v) is 6.38. The molecular weight excluding hydrogens is 230 g/mol. The van der Waals surface area contributed by atoms with Crippen LogP contribution in [0.2, 0.25) is 0 Å². The van der Waals surface area contributed by atoms with Gasteiger partial charge in [0.2, 0.25) is 0 Å². The monoisotopic (exact) mass is 251 g/mol. The van der Waals surface area contributed by atoms with E-state index in [0.29, 0.717) is 11.2 Å². The summed E-state index contributed by atoms with van der Waals surface area (Å²) >= 11 is 1.73. The molecule has 0 atom stereocenters. The minimum Gasteiger partial charge on any atom is -0.352 e. The van der Waals surface area contributed by atoms with Crippen molar-refractivity contribution in [2.45, 2.75) is 37.8 Å².